The highest BCUT2D eigenvalue weighted by atomic mass is 16.6. The van der Waals surface area contributed by atoms with Crippen molar-refractivity contribution in [3.05, 3.63) is 0 Å². The fraction of sp³-hybridized carbons (Fsp3) is 0.714. The van der Waals surface area contributed by atoms with Crippen LogP contribution < -0.4 is 5.48 Å². The van der Waals surface area contributed by atoms with Crippen molar-refractivity contribution in [1.29, 1.82) is 0 Å². The van der Waals surface area contributed by atoms with Crippen molar-refractivity contribution < 1.29 is 14.4 Å². The molecule has 0 heterocycles. The molecular weight excluding hydrogens is 160 g/mol. The van der Waals surface area contributed by atoms with E-state index in [1.54, 1.807) is 14.0 Å². The Morgan fingerprint density at radius 3 is 2.50 bits per heavy atom. The molecule has 0 radical (unpaired) electrons. The monoisotopic (exact) mass is 174 g/mol. The Hall–Kier alpha value is -1.10. The number of amides is 2. The van der Waals surface area contributed by atoms with E-state index in [0.717, 1.165) is 0 Å². The summed E-state index contributed by atoms with van der Waals surface area (Å²) in [5, 5.41) is 0. The predicted molar refractivity (Wildman–Crippen MR) is 43.1 cm³/mol. The second-order valence-electron chi connectivity index (χ2n) is 2.33. The van der Waals surface area contributed by atoms with Crippen LogP contribution in [0.1, 0.15) is 13.8 Å². The summed E-state index contributed by atoms with van der Waals surface area (Å²) in [6.45, 7) is 3.59. The number of likely N-dealkylation sites (N-methyl/N-ethyl adjacent to an activating group) is 1. The number of hydroxylamine groups is 1. The van der Waals surface area contributed by atoms with Crippen molar-refractivity contribution in [1.82, 2.24) is 10.4 Å². The largest absolute Gasteiger partial charge is 0.337 e. The molecule has 0 bridgehead atoms. The lowest BCUT2D eigenvalue weighted by atomic mass is 10.5. The van der Waals surface area contributed by atoms with Gasteiger partial charge in [0.2, 0.25) is 5.91 Å². The average Bonchev–Trinajstić information content (AvgIpc) is 2.00. The molecule has 70 valence electrons. The van der Waals surface area contributed by atoms with E-state index in [1.807, 2.05) is 0 Å². The van der Waals surface area contributed by atoms with Crippen molar-refractivity contribution in [3.8, 4) is 0 Å². The van der Waals surface area contributed by atoms with Crippen molar-refractivity contribution in [2.45, 2.75) is 13.8 Å². The van der Waals surface area contributed by atoms with E-state index in [9.17, 15) is 9.59 Å². The van der Waals surface area contributed by atoms with E-state index in [0.29, 0.717) is 6.61 Å². The Morgan fingerprint density at radius 2 is 2.08 bits per heavy atom. The number of carbonyl (C=O) groups is 2. The standard InChI is InChI=1S/C7H14N2O3/c1-4-12-8-7(11)5-9(3)6(2)10/h4-5H2,1-3H3,(H,8,11). The Balaban J connectivity index is 3.61. The lowest BCUT2D eigenvalue weighted by molar-refractivity contribution is -0.139. The van der Waals surface area contributed by atoms with Crippen LogP contribution in [0.15, 0.2) is 0 Å². The molecular formula is C7H14N2O3. The molecule has 0 atom stereocenters. The highest BCUT2D eigenvalue weighted by molar-refractivity contribution is 5.82. The average molecular weight is 174 g/mol. The smallest absolute Gasteiger partial charge is 0.263 e. The van der Waals surface area contributed by atoms with E-state index in [1.165, 1.54) is 11.8 Å². The number of nitrogens with zero attached hydrogens (tertiary/aromatic N) is 1. The first kappa shape index (κ1) is 10.9. The molecule has 0 aliphatic rings. The van der Waals surface area contributed by atoms with Gasteiger partial charge in [-0.05, 0) is 6.92 Å². The molecule has 0 spiro atoms. The van der Waals surface area contributed by atoms with Crippen molar-refractivity contribution >= 4 is 11.8 Å². The van der Waals surface area contributed by atoms with Crippen LogP contribution in [0.2, 0.25) is 0 Å². The summed E-state index contributed by atoms with van der Waals surface area (Å²) < 4.78 is 0. The SMILES string of the molecule is CCONC(=O)CN(C)C(C)=O. The van der Waals surface area contributed by atoms with Crippen LogP contribution in [0.25, 0.3) is 0 Å². The highest BCUT2D eigenvalue weighted by Crippen LogP contribution is 1.82. The fourth-order valence-electron chi connectivity index (χ4n) is 0.512. The number of nitrogens with one attached hydrogen (secondary N) is 1. The van der Waals surface area contributed by atoms with Crippen LogP contribution in [0, 0.1) is 0 Å². The maximum Gasteiger partial charge on any atom is 0.263 e. The van der Waals surface area contributed by atoms with E-state index in [-0.39, 0.29) is 18.4 Å². The fourth-order valence-corrected chi connectivity index (χ4v) is 0.512. The van der Waals surface area contributed by atoms with Gasteiger partial charge < -0.3 is 4.90 Å². The van der Waals surface area contributed by atoms with E-state index in [4.69, 9.17) is 0 Å². The topological polar surface area (TPSA) is 58.6 Å². The number of hydrogen-bond donors (Lipinski definition) is 1. The second-order valence-corrected chi connectivity index (χ2v) is 2.33. The summed E-state index contributed by atoms with van der Waals surface area (Å²) in [4.78, 5) is 27.5. The first-order chi connectivity index (χ1) is 5.57. The lowest BCUT2D eigenvalue weighted by Gasteiger charge is -2.13. The zero-order valence-electron chi connectivity index (χ0n) is 7.59. The molecule has 5 heteroatoms. The Bertz CT molecular complexity index is 170. The molecule has 0 saturated carbocycles. The van der Waals surface area contributed by atoms with E-state index in [2.05, 4.69) is 10.3 Å². The molecule has 0 fully saturated rings. The van der Waals surface area contributed by atoms with Gasteiger partial charge in [0.25, 0.3) is 5.91 Å². The summed E-state index contributed by atoms with van der Waals surface area (Å²) in [7, 11) is 1.55. The first-order valence-electron chi connectivity index (χ1n) is 3.70. The molecule has 0 aliphatic carbocycles. The minimum absolute atomic E-state index is 0.0231. The molecule has 0 rings (SSSR count). The molecule has 0 aromatic heterocycles. The number of hydrogen-bond acceptors (Lipinski definition) is 3. The number of rotatable bonds is 4. The second kappa shape index (κ2) is 5.54. The zero-order valence-corrected chi connectivity index (χ0v) is 7.59. The van der Waals surface area contributed by atoms with Crippen molar-refractivity contribution in [3.63, 3.8) is 0 Å². The predicted octanol–water partition coefficient (Wildman–Crippen LogP) is -0.468. The minimum atomic E-state index is -0.324. The Morgan fingerprint density at radius 1 is 1.50 bits per heavy atom. The molecule has 0 unspecified atom stereocenters. The van der Waals surface area contributed by atoms with Gasteiger partial charge in [0.1, 0.15) is 6.54 Å². The molecule has 2 amide bonds. The first-order valence-corrected chi connectivity index (χ1v) is 3.70. The van der Waals surface area contributed by atoms with Gasteiger partial charge in [0, 0.05) is 14.0 Å². The van der Waals surface area contributed by atoms with Gasteiger partial charge in [-0.1, -0.05) is 0 Å². The quantitative estimate of drug-likeness (QED) is 0.586. The molecule has 0 aliphatic heterocycles. The normalized spacial score (nSPS) is 9.25. The minimum Gasteiger partial charge on any atom is -0.337 e. The van der Waals surface area contributed by atoms with Crippen LogP contribution in [0.4, 0.5) is 0 Å². The summed E-state index contributed by atoms with van der Waals surface area (Å²) >= 11 is 0. The van der Waals surface area contributed by atoms with E-state index >= 15 is 0 Å². The maximum absolute atomic E-state index is 10.9. The van der Waals surface area contributed by atoms with Crippen molar-refractivity contribution in [2.75, 3.05) is 20.2 Å². The molecule has 12 heavy (non-hydrogen) atoms. The van der Waals surface area contributed by atoms with Gasteiger partial charge in [-0.2, -0.15) is 0 Å². The Labute approximate surface area is 71.6 Å². The van der Waals surface area contributed by atoms with Crippen LogP contribution in [0.5, 0.6) is 0 Å². The zero-order chi connectivity index (χ0) is 9.56. The van der Waals surface area contributed by atoms with Crippen LogP contribution >= 0.6 is 0 Å². The van der Waals surface area contributed by atoms with Crippen LogP contribution in [-0.2, 0) is 14.4 Å². The Kier molecular flexibility index (Phi) is 5.03. The van der Waals surface area contributed by atoms with Gasteiger partial charge >= 0.3 is 0 Å². The van der Waals surface area contributed by atoms with Gasteiger partial charge in [0.05, 0.1) is 6.61 Å². The highest BCUT2D eigenvalue weighted by Gasteiger charge is 2.07. The summed E-state index contributed by atoms with van der Waals surface area (Å²) in [6.07, 6.45) is 0. The molecule has 1 N–H and O–H groups in total. The van der Waals surface area contributed by atoms with E-state index < -0.39 is 0 Å². The maximum atomic E-state index is 10.9. The van der Waals surface area contributed by atoms with Crippen LogP contribution in [0.3, 0.4) is 0 Å². The molecule has 0 aromatic carbocycles. The summed E-state index contributed by atoms with van der Waals surface area (Å²) in [5.74, 6) is -0.476. The molecule has 0 aromatic rings. The van der Waals surface area contributed by atoms with Gasteiger partial charge in [-0.3, -0.25) is 14.4 Å². The molecule has 5 nitrogen and oxygen atoms in total. The molecule has 0 saturated heterocycles. The summed E-state index contributed by atoms with van der Waals surface area (Å²) in [6, 6.07) is 0. The number of carbonyl (C=O) groups excluding carboxylic acids is 2. The van der Waals surface area contributed by atoms with Gasteiger partial charge in [0.15, 0.2) is 0 Å². The third-order valence-electron chi connectivity index (χ3n) is 1.25. The van der Waals surface area contributed by atoms with Crippen LogP contribution in [-0.4, -0.2) is 36.9 Å². The third kappa shape index (κ3) is 4.68. The van der Waals surface area contributed by atoms with Gasteiger partial charge in [-0.15, -0.1) is 0 Å². The van der Waals surface area contributed by atoms with Gasteiger partial charge in [-0.25, -0.2) is 5.48 Å². The third-order valence-corrected chi connectivity index (χ3v) is 1.25. The lowest BCUT2D eigenvalue weighted by Crippen LogP contribution is -2.37. The summed E-state index contributed by atoms with van der Waals surface area (Å²) in [5.41, 5.74) is 2.19. The van der Waals surface area contributed by atoms with Crippen molar-refractivity contribution in [2.24, 2.45) is 0 Å².